The molecule has 1 aliphatic heterocycles. The van der Waals surface area contributed by atoms with Gasteiger partial charge in [-0.1, -0.05) is 17.3 Å². The number of rotatable bonds is 5. The monoisotopic (exact) mass is 343 g/mol. The molecule has 0 saturated carbocycles. The number of phenolic OH excluding ortho intramolecular Hbond substituents is 1. The summed E-state index contributed by atoms with van der Waals surface area (Å²) in [5.74, 6) is 0.411. The number of phenols is 1. The van der Waals surface area contributed by atoms with Gasteiger partial charge in [-0.25, -0.2) is 0 Å². The Morgan fingerprint density at radius 3 is 2.80 bits per heavy atom. The third-order valence-electron chi connectivity index (χ3n) is 4.28. The lowest BCUT2D eigenvalue weighted by atomic mass is 10.1. The van der Waals surface area contributed by atoms with Crippen LogP contribution in [0.1, 0.15) is 29.9 Å². The molecular weight excluding hydrogens is 322 g/mol. The van der Waals surface area contributed by atoms with E-state index in [2.05, 4.69) is 10.5 Å². The summed E-state index contributed by atoms with van der Waals surface area (Å²) in [5.41, 5.74) is 1.62. The second kappa shape index (κ2) is 7.38. The van der Waals surface area contributed by atoms with Crippen molar-refractivity contribution in [3.05, 3.63) is 47.3 Å². The van der Waals surface area contributed by atoms with Crippen LogP contribution in [-0.4, -0.2) is 39.6 Å². The average molecular weight is 343 g/mol. The number of hydrogen-bond acceptors (Lipinski definition) is 5. The Labute approximate surface area is 145 Å². The van der Waals surface area contributed by atoms with E-state index in [1.54, 1.807) is 42.2 Å². The number of aromatic nitrogens is 1. The lowest BCUT2D eigenvalue weighted by Crippen LogP contribution is -2.46. The van der Waals surface area contributed by atoms with Gasteiger partial charge in [-0.15, -0.1) is 0 Å². The van der Waals surface area contributed by atoms with Crippen LogP contribution in [0.15, 0.2) is 34.9 Å². The number of hydrogen-bond donors (Lipinski definition) is 2. The molecule has 0 bridgehead atoms. The van der Waals surface area contributed by atoms with Gasteiger partial charge in [0, 0.05) is 19.2 Å². The fourth-order valence-corrected chi connectivity index (χ4v) is 3.01. The predicted molar refractivity (Wildman–Crippen MR) is 89.6 cm³/mol. The zero-order chi connectivity index (χ0) is 17.8. The first kappa shape index (κ1) is 17.0. The van der Waals surface area contributed by atoms with Crippen molar-refractivity contribution in [2.24, 2.45) is 0 Å². The number of nitrogens with zero attached hydrogens (tertiary/aromatic N) is 2. The summed E-state index contributed by atoms with van der Waals surface area (Å²) in [7, 11) is 0. The van der Waals surface area contributed by atoms with E-state index in [9.17, 15) is 14.7 Å². The Hall–Kier alpha value is -2.83. The van der Waals surface area contributed by atoms with Gasteiger partial charge < -0.3 is 19.8 Å². The Balaban J connectivity index is 1.57. The highest BCUT2D eigenvalue weighted by atomic mass is 16.5. The molecule has 3 rings (SSSR count). The van der Waals surface area contributed by atoms with Crippen LogP contribution in [0.3, 0.4) is 0 Å². The standard InChI is InChI=1S/C18H21N3O4/c1-12-9-15(25-20-12)10-17(23)21-8-2-3-16(21)18(24)19-11-13-4-6-14(22)7-5-13/h4-7,9,16,22H,2-3,8,10-11H2,1H3,(H,19,24). The zero-order valence-electron chi connectivity index (χ0n) is 14.1. The summed E-state index contributed by atoms with van der Waals surface area (Å²) in [6, 6.07) is 7.93. The highest BCUT2D eigenvalue weighted by molar-refractivity contribution is 5.88. The summed E-state index contributed by atoms with van der Waals surface area (Å²) in [4.78, 5) is 26.6. The summed E-state index contributed by atoms with van der Waals surface area (Å²) < 4.78 is 5.09. The highest BCUT2D eigenvalue weighted by Crippen LogP contribution is 2.19. The van der Waals surface area contributed by atoms with Crippen LogP contribution >= 0.6 is 0 Å². The molecule has 2 amide bonds. The fourth-order valence-electron chi connectivity index (χ4n) is 3.01. The fraction of sp³-hybridized carbons (Fsp3) is 0.389. The number of carbonyl (C=O) groups is 2. The van der Waals surface area contributed by atoms with Crippen LogP contribution in [0.4, 0.5) is 0 Å². The van der Waals surface area contributed by atoms with Crippen LogP contribution in [0.5, 0.6) is 5.75 Å². The second-order valence-corrected chi connectivity index (χ2v) is 6.24. The minimum atomic E-state index is -0.450. The summed E-state index contributed by atoms with van der Waals surface area (Å²) >= 11 is 0. The number of aromatic hydroxyl groups is 1. The van der Waals surface area contributed by atoms with Crippen molar-refractivity contribution >= 4 is 11.8 Å². The summed E-state index contributed by atoms with van der Waals surface area (Å²) in [6.07, 6.45) is 1.57. The predicted octanol–water partition coefficient (Wildman–Crippen LogP) is 1.54. The van der Waals surface area contributed by atoms with Gasteiger partial charge in [0.2, 0.25) is 11.8 Å². The van der Waals surface area contributed by atoms with E-state index >= 15 is 0 Å². The SMILES string of the molecule is Cc1cc(CC(=O)N2CCCC2C(=O)NCc2ccc(O)cc2)on1. The third-order valence-corrected chi connectivity index (χ3v) is 4.28. The molecule has 0 radical (unpaired) electrons. The van der Waals surface area contributed by atoms with Crippen LogP contribution in [0.2, 0.25) is 0 Å². The van der Waals surface area contributed by atoms with Gasteiger partial charge in [-0.05, 0) is 37.5 Å². The molecule has 1 unspecified atom stereocenters. The zero-order valence-corrected chi connectivity index (χ0v) is 14.1. The molecule has 2 heterocycles. The van der Waals surface area contributed by atoms with Crippen molar-refractivity contribution < 1.29 is 19.2 Å². The quantitative estimate of drug-likeness (QED) is 0.858. The topological polar surface area (TPSA) is 95.7 Å². The molecule has 2 aromatic rings. The molecule has 1 atom stereocenters. The minimum absolute atomic E-state index is 0.114. The van der Waals surface area contributed by atoms with Crippen LogP contribution < -0.4 is 5.32 Å². The maximum absolute atomic E-state index is 12.5. The molecule has 1 aromatic carbocycles. The first-order valence-electron chi connectivity index (χ1n) is 8.30. The van der Waals surface area contributed by atoms with E-state index in [4.69, 9.17) is 4.52 Å². The van der Waals surface area contributed by atoms with Gasteiger partial charge >= 0.3 is 0 Å². The lowest BCUT2D eigenvalue weighted by Gasteiger charge is -2.23. The normalized spacial score (nSPS) is 16.8. The van der Waals surface area contributed by atoms with E-state index in [1.165, 1.54) is 0 Å². The Morgan fingerprint density at radius 2 is 2.12 bits per heavy atom. The average Bonchev–Trinajstić information content (AvgIpc) is 3.23. The van der Waals surface area contributed by atoms with Crippen LogP contribution in [0.25, 0.3) is 0 Å². The van der Waals surface area contributed by atoms with Crippen LogP contribution in [-0.2, 0) is 22.6 Å². The third kappa shape index (κ3) is 4.17. The molecule has 1 fully saturated rings. The molecule has 25 heavy (non-hydrogen) atoms. The molecule has 0 aliphatic carbocycles. The van der Waals surface area contributed by atoms with Gasteiger partial charge in [0.15, 0.2) is 0 Å². The molecule has 132 valence electrons. The molecule has 2 N–H and O–H groups in total. The van der Waals surface area contributed by atoms with Crippen LogP contribution in [0, 0.1) is 6.92 Å². The van der Waals surface area contributed by atoms with Crippen molar-refractivity contribution in [1.82, 2.24) is 15.4 Å². The van der Waals surface area contributed by atoms with E-state index in [1.807, 2.05) is 0 Å². The number of nitrogens with one attached hydrogen (secondary N) is 1. The maximum Gasteiger partial charge on any atom is 0.243 e. The van der Waals surface area contributed by atoms with Gasteiger partial charge in [0.25, 0.3) is 0 Å². The minimum Gasteiger partial charge on any atom is -0.508 e. The molecule has 1 saturated heterocycles. The summed E-state index contributed by atoms with van der Waals surface area (Å²) in [6.45, 7) is 2.73. The van der Waals surface area contributed by atoms with E-state index < -0.39 is 6.04 Å². The number of likely N-dealkylation sites (tertiary alicyclic amines) is 1. The molecule has 7 nitrogen and oxygen atoms in total. The molecule has 1 aliphatic rings. The van der Waals surface area contributed by atoms with Gasteiger partial charge in [-0.3, -0.25) is 9.59 Å². The lowest BCUT2D eigenvalue weighted by molar-refractivity contribution is -0.138. The Bertz CT molecular complexity index is 754. The Morgan fingerprint density at radius 1 is 1.36 bits per heavy atom. The van der Waals surface area contributed by atoms with Crippen molar-refractivity contribution in [3.8, 4) is 5.75 Å². The number of benzene rings is 1. The van der Waals surface area contributed by atoms with Crippen molar-refractivity contribution in [3.63, 3.8) is 0 Å². The maximum atomic E-state index is 12.5. The smallest absolute Gasteiger partial charge is 0.243 e. The van der Waals surface area contributed by atoms with E-state index in [0.717, 1.165) is 17.7 Å². The number of amides is 2. The highest BCUT2D eigenvalue weighted by Gasteiger charge is 2.34. The molecule has 1 aromatic heterocycles. The van der Waals surface area contributed by atoms with Crippen molar-refractivity contribution in [1.29, 1.82) is 0 Å². The molecular formula is C18H21N3O4. The number of carbonyl (C=O) groups excluding carboxylic acids is 2. The van der Waals surface area contributed by atoms with Gasteiger partial charge in [0.1, 0.15) is 17.6 Å². The van der Waals surface area contributed by atoms with E-state index in [0.29, 0.717) is 25.3 Å². The Kier molecular flexibility index (Phi) is 5.02. The second-order valence-electron chi connectivity index (χ2n) is 6.24. The van der Waals surface area contributed by atoms with Gasteiger partial charge in [0.05, 0.1) is 12.1 Å². The van der Waals surface area contributed by atoms with Crippen molar-refractivity contribution in [2.45, 2.75) is 38.8 Å². The number of aryl methyl sites for hydroxylation is 1. The van der Waals surface area contributed by atoms with Crippen molar-refractivity contribution in [2.75, 3.05) is 6.54 Å². The largest absolute Gasteiger partial charge is 0.508 e. The molecule has 7 heteroatoms. The van der Waals surface area contributed by atoms with E-state index in [-0.39, 0.29) is 24.0 Å². The summed E-state index contributed by atoms with van der Waals surface area (Å²) in [5, 5.41) is 15.9. The first-order chi connectivity index (χ1) is 12.0. The first-order valence-corrected chi connectivity index (χ1v) is 8.30. The molecule has 0 spiro atoms. The van der Waals surface area contributed by atoms with Gasteiger partial charge in [-0.2, -0.15) is 0 Å².